The van der Waals surface area contributed by atoms with Crippen LogP contribution in [-0.4, -0.2) is 18.4 Å². The van der Waals surface area contributed by atoms with Crippen molar-refractivity contribution in [2.24, 2.45) is 0 Å². The maximum atomic E-state index is 13.4. The first-order valence-corrected chi connectivity index (χ1v) is 5.69. The molecule has 1 aliphatic carbocycles. The molecular formula is C13H16FNO. The first kappa shape index (κ1) is 11.3. The van der Waals surface area contributed by atoms with Gasteiger partial charge in [-0.15, -0.1) is 0 Å². The summed E-state index contributed by atoms with van der Waals surface area (Å²) in [5.74, 6) is -0.531. The number of nitrogens with one attached hydrogen (secondary N) is 1. The third-order valence-electron chi connectivity index (χ3n) is 2.78. The van der Waals surface area contributed by atoms with Crippen molar-refractivity contribution in [3.63, 3.8) is 0 Å². The van der Waals surface area contributed by atoms with E-state index in [1.807, 2.05) is 6.92 Å². The Balaban J connectivity index is 1.93. The van der Waals surface area contributed by atoms with E-state index in [2.05, 4.69) is 5.32 Å². The van der Waals surface area contributed by atoms with Crippen molar-refractivity contribution in [2.75, 3.05) is 6.54 Å². The van der Waals surface area contributed by atoms with E-state index in [0.717, 1.165) is 5.56 Å². The molecule has 0 bridgehead atoms. The summed E-state index contributed by atoms with van der Waals surface area (Å²) in [6, 6.07) is 5.25. The quantitative estimate of drug-likeness (QED) is 0.774. The highest BCUT2D eigenvalue weighted by atomic mass is 19.1. The number of aryl methyl sites for hydroxylation is 1. The van der Waals surface area contributed by atoms with Gasteiger partial charge in [-0.2, -0.15) is 0 Å². The SMILES string of the molecule is Cc1ccc(F)c(C(=O)CCNC2CC2)c1. The van der Waals surface area contributed by atoms with E-state index in [-0.39, 0.29) is 11.3 Å². The van der Waals surface area contributed by atoms with Crippen LogP contribution in [0.4, 0.5) is 4.39 Å². The minimum Gasteiger partial charge on any atom is -0.314 e. The molecule has 1 N–H and O–H groups in total. The molecule has 0 aliphatic heterocycles. The molecule has 0 amide bonds. The van der Waals surface area contributed by atoms with Gasteiger partial charge < -0.3 is 5.32 Å². The average molecular weight is 221 g/mol. The lowest BCUT2D eigenvalue weighted by atomic mass is 10.1. The zero-order valence-electron chi connectivity index (χ0n) is 9.42. The Hall–Kier alpha value is -1.22. The normalized spacial score (nSPS) is 15.1. The molecule has 1 aromatic carbocycles. The van der Waals surface area contributed by atoms with Crippen molar-refractivity contribution in [3.05, 3.63) is 35.1 Å². The number of rotatable bonds is 5. The second kappa shape index (κ2) is 4.74. The highest BCUT2D eigenvalue weighted by Crippen LogP contribution is 2.18. The highest BCUT2D eigenvalue weighted by molar-refractivity contribution is 5.96. The van der Waals surface area contributed by atoms with Gasteiger partial charge in [0.25, 0.3) is 0 Å². The summed E-state index contributed by atoms with van der Waals surface area (Å²) in [6.45, 7) is 2.51. The summed E-state index contributed by atoms with van der Waals surface area (Å²) in [7, 11) is 0. The minimum atomic E-state index is -0.415. The van der Waals surface area contributed by atoms with E-state index in [1.165, 1.54) is 18.9 Å². The average Bonchev–Trinajstić information content (AvgIpc) is 3.05. The number of benzene rings is 1. The second-order valence-electron chi connectivity index (χ2n) is 4.38. The van der Waals surface area contributed by atoms with Crippen molar-refractivity contribution < 1.29 is 9.18 Å². The number of hydrogen-bond donors (Lipinski definition) is 1. The van der Waals surface area contributed by atoms with Crippen LogP contribution in [0.3, 0.4) is 0 Å². The maximum absolute atomic E-state index is 13.4. The maximum Gasteiger partial charge on any atom is 0.167 e. The van der Waals surface area contributed by atoms with Gasteiger partial charge in [-0.1, -0.05) is 11.6 Å². The molecule has 1 aromatic rings. The van der Waals surface area contributed by atoms with Crippen LogP contribution in [0.5, 0.6) is 0 Å². The van der Waals surface area contributed by atoms with Crippen LogP contribution >= 0.6 is 0 Å². The minimum absolute atomic E-state index is 0.116. The molecule has 16 heavy (non-hydrogen) atoms. The Morgan fingerprint density at radius 2 is 2.25 bits per heavy atom. The molecule has 3 heteroatoms. The zero-order valence-corrected chi connectivity index (χ0v) is 9.42. The van der Waals surface area contributed by atoms with Crippen LogP contribution in [-0.2, 0) is 0 Å². The Bertz CT molecular complexity index is 399. The first-order chi connectivity index (χ1) is 7.66. The van der Waals surface area contributed by atoms with Crippen LogP contribution in [0.1, 0.15) is 35.2 Å². The van der Waals surface area contributed by atoms with Gasteiger partial charge in [0.05, 0.1) is 5.56 Å². The molecule has 1 saturated carbocycles. The summed E-state index contributed by atoms with van der Waals surface area (Å²) in [5.41, 5.74) is 1.14. The fourth-order valence-electron chi connectivity index (χ4n) is 1.66. The molecule has 0 spiro atoms. The molecule has 0 radical (unpaired) electrons. The van der Waals surface area contributed by atoms with E-state index in [9.17, 15) is 9.18 Å². The van der Waals surface area contributed by atoms with Gasteiger partial charge in [0.15, 0.2) is 5.78 Å². The molecule has 0 aromatic heterocycles. The zero-order chi connectivity index (χ0) is 11.5. The van der Waals surface area contributed by atoms with Crippen LogP contribution < -0.4 is 5.32 Å². The Labute approximate surface area is 94.9 Å². The fourth-order valence-corrected chi connectivity index (χ4v) is 1.66. The largest absolute Gasteiger partial charge is 0.314 e. The number of Topliss-reactive ketones (excluding diaryl/α,β-unsaturated/α-hetero) is 1. The van der Waals surface area contributed by atoms with Crippen molar-refractivity contribution in [3.8, 4) is 0 Å². The van der Waals surface area contributed by atoms with Gasteiger partial charge in [-0.3, -0.25) is 4.79 Å². The molecule has 0 unspecified atom stereocenters. The number of ketones is 1. The third kappa shape index (κ3) is 2.89. The third-order valence-corrected chi connectivity index (χ3v) is 2.78. The lowest BCUT2D eigenvalue weighted by molar-refractivity contribution is 0.0978. The standard InChI is InChI=1S/C13H16FNO/c1-9-2-5-12(14)11(8-9)13(16)6-7-15-10-3-4-10/h2,5,8,10,15H,3-4,6-7H2,1H3. The monoisotopic (exact) mass is 221 g/mol. The second-order valence-corrected chi connectivity index (χ2v) is 4.38. The summed E-state index contributed by atoms with van der Waals surface area (Å²) < 4.78 is 13.4. The highest BCUT2D eigenvalue weighted by Gasteiger charge is 2.20. The predicted molar refractivity (Wildman–Crippen MR) is 61.1 cm³/mol. The van der Waals surface area contributed by atoms with Gasteiger partial charge in [-0.25, -0.2) is 4.39 Å². The lowest BCUT2D eigenvalue weighted by Crippen LogP contribution is -2.20. The molecule has 0 saturated heterocycles. The van der Waals surface area contributed by atoms with Gasteiger partial charge >= 0.3 is 0 Å². The Morgan fingerprint density at radius 3 is 2.94 bits per heavy atom. The molecule has 1 fully saturated rings. The number of halogens is 1. The molecule has 2 rings (SSSR count). The van der Waals surface area contributed by atoms with Crippen molar-refractivity contribution in [1.82, 2.24) is 5.32 Å². The molecule has 0 heterocycles. The van der Waals surface area contributed by atoms with E-state index in [1.54, 1.807) is 12.1 Å². The predicted octanol–water partition coefficient (Wildman–Crippen LogP) is 2.46. The van der Waals surface area contributed by atoms with Gasteiger partial charge in [0, 0.05) is 19.0 Å². The summed E-state index contributed by atoms with van der Waals surface area (Å²) >= 11 is 0. The van der Waals surface area contributed by atoms with Crippen molar-refractivity contribution >= 4 is 5.78 Å². The Morgan fingerprint density at radius 1 is 1.50 bits per heavy atom. The molecule has 86 valence electrons. The van der Waals surface area contributed by atoms with Crippen molar-refractivity contribution in [2.45, 2.75) is 32.2 Å². The van der Waals surface area contributed by atoms with E-state index in [0.29, 0.717) is 19.0 Å². The van der Waals surface area contributed by atoms with Crippen LogP contribution in [0.15, 0.2) is 18.2 Å². The lowest BCUT2D eigenvalue weighted by Gasteiger charge is -2.04. The summed E-state index contributed by atoms with van der Waals surface area (Å²) in [5, 5.41) is 3.25. The topological polar surface area (TPSA) is 29.1 Å². The van der Waals surface area contributed by atoms with Gasteiger partial charge in [0.2, 0.25) is 0 Å². The van der Waals surface area contributed by atoms with E-state index < -0.39 is 5.82 Å². The molecule has 0 atom stereocenters. The number of hydrogen-bond acceptors (Lipinski definition) is 2. The number of carbonyl (C=O) groups excluding carboxylic acids is 1. The van der Waals surface area contributed by atoms with Gasteiger partial charge in [-0.05, 0) is 31.9 Å². The van der Waals surface area contributed by atoms with Crippen LogP contribution in [0.25, 0.3) is 0 Å². The van der Waals surface area contributed by atoms with Crippen LogP contribution in [0.2, 0.25) is 0 Å². The smallest absolute Gasteiger partial charge is 0.167 e. The number of carbonyl (C=O) groups is 1. The van der Waals surface area contributed by atoms with Crippen molar-refractivity contribution in [1.29, 1.82) is 0 Å². The van der Waals surface area contributed by atoms with E-state index >= 15 is 0 Å². The van der Waals surface area contributed by atoms with Gasteiger partial charge in [0.1, 0.15) is 5.82 Å². The first-order valence-electron chi connectivity index (χ1n) is 5.69. The summed E-state index contributed by atoms with van der Waals surface area (Å²) in [6.07, 6.45) is 2.77. The summed E-state index contributed by atoms with van der Waals surface area (Å²) in [4.78, 5) is 11.7. The Kier molecular flexibility index (Phi) is 3.34. The molecule has 2 nitrogen and oxygen atoms in total. The van der Waals surface area contributed by atoms with Crippen LogP contribution in [0, 0.1) is 12.7 Å². The van der Waals surface area contributed by atoms with E-state index in [4.69, 9.17) is 0 Å². The molecular weight excluding hydrogens is 205 g/mol. The fraction of sp³-hybridized carbons (Fsp3) is 0.462. The molecule has 1 aliphatic rings.